The highest BCUT2D eigenvalue weighted by molar-refractivity contribution is 5.03. The Morgan fingerprint density at radius 2 is 2.29 bits per heavy atom. The third-order valence-electron chi connectivity index (χ3n) is 2.41. The van der Waals surface area contributed by atoms with Gasteiger partial charge in [0.25, 0.3) is 0 Å². The SMILES string of the molecule is CC=C(CCC1NCCN1)CN=[N+]=[N-]. The summed E-state index contributed by atoms with van der Waals surface area (Å²) >= 11 is 0. The Labute approximate surface area is 84.2 Å². The first kappa shape index (κ1) is 11.0. The van der Waals surface area contributed by atoms with Gasteiger partial charge >= 0.3 is 0 Å². The predicted octanol–water partition coefficient (Wildman–Crippen LogP) is 1.54. The molecule has 1 fully saturated rings. The van der Waals surface area contributed by atoms with Gasteiger partial charge in [0.2, 0.25) is 0 Å². The maximum Gasteiger partial charge on any atom is 0.0575 e. The second kappa shape index (κ2) is 6.43. The molecule has 14 heavy (non-hydrogen) atoms. The van der Waals surface area contributed by atoms with Gasteiger partial charge in [-0.05, 0) is 25.3 Å². The molecule has 0 aromatic heterocycles. The molecule has 1 heterocycles. The van der Waals surface area contributed by atoms with E-state index < -0.39 is 0 Å². The lowest BCUT2D eigenvalue weighted by molar-refractivity contribution is 0.511. The van der Waals surface area contributed by atoms with Gasteiger partial charge in [0, 0.05) is 24.5 Å². The second-order valence-corrected chi connectivity index (χ2v) is 3.34. The molecule has 0 aromatic carbocycles. The molecule has 0 spiro atoms. The molecular weight excluding hydrogens is 178 g/mol. The Balaban J connectivity index is 2.23. The smallest absolute Gasteiger partial charge is 0.0575 e. The van der Waals surface area contributed by atoms with Crippen LogP contribution in [0.5, 0.6) is 0 Å². The van der Waals surface area contributed by atoms with Crippen molar-refractivity contribution >= 4 is 0 Å². The summed E-state index contributed by atoms with van der Waals surface area (Å²) < 4.78 is 0. The van der Waals surface area contributed by atoms with Gasteiger partial charge in [-0.2, -0.15) is 0 Å². The Bertz CT molecular complexity index is 236. The normalized spacial score (nSPS) is 18.2. The van der Waals surface area contributed by atoms with Crippen molar-refractivity contribution < 1.29 is 0 Å². The number of nitrogens with zero attached hydrogens (tertiary/aromatic N) is 3. The molecule has 0 aliphatic carbocycles. The van der Waals surface area contributed by atoms with Gasteiger partial charge in [-0.25, -0.2) is 0 Å². The third kappa shape index (κ3) is 3.79. The van der Waals surface area contributed by atoms with Crippen molar-refractivity contribution in [3.05, 3.63) is 22.1 Å². The van der Waals surface area contributed by atoms with E-state index in [9.17, 15) is 0 Å². The summed E-state index contributed by atoms with van der Waals surface area (Å²) in [6.07, 6.45) is 4.50. The Morgan fingerprint density at radius 1 is 1.57 bits per heavy atom. The van der Waals surface area contributed by atoms with E-state index in [-0.39, 0.29) is 0 Å². The molecule has 5 nitrogen and oxygen atoms in total. The Hall–Kier alpha value is -1.03. The topological polar surface area (TPSA) is 72.8 Å². The van der Waals surface area contributed by atoms with Crippen molar-refractivity contribution in [1.82, 2.24) is 10.6 Å². The highest BCUT2D eigenvalue weighted by Gasteiger charge is 2.12. The summed E-state index contributed by atoms with van der Waals surface area (Å²) in [6, 6.07) is 0. The van der Waals surface area contributed by atoms with Crippen LogP contribution in [-0.2, 0) is 0 Å². The molecule has 78 valence electrons. The van der Waals surface area contributed by atoms with Crippen LogP contribution in [0.4, 0.5) is 0 Å². The minimum absolute atomic E-state index is 0.427. The first-order valence-electron chi connectivity index (χ1n) is 4.98. The molecule has 0 saturated carbocycles. The van der Waals surface area contributed by atoms with Crippen molar-refractivity contribution in [1.29, 1.82) is 0 Å². The largest absolute Gasteiger partial charge is 0.301 e. The molecule has 1 aliphatic rings. The van der Waals surface area contributed by atoms with E-state index in [4.69, 9.17) is 5.53 Å². The maximum absolute atomic E-state index is 8.20. The van der Waals surface area contributed by atoms with Gasteiger partial charge in [0.1, 0.15) is 0 Å². The van der Waals surface area contributed by atoms with Crippen LogP contribution in [0.1, 0.15) is 19.8 Å². The molecule has 0 radical (unpaired) electrons. The Morgan fingerprint density at radius 3 is 2.86 bits per heavy atom. The summed E-state index contributed by atoms with van der Waals surface area (Å²) in [5, 5.41) is 10.3. The number of nitrogens with one attached hydrogen (secondary N) is 2. The monoisotopic (exact) mass is 195 g/mol. The van der Waals surface area contributed by atoms with Gasteiger partial charge in [0.15, 0.2) is 0 Å². The van der Waals surface area contributed by atoms with E-state index in [0.29, 0.717) is 12.7 Å². The van der Waals surface area contributed by atoms with E-state index in [0.717, 1.165) is 25.9 Å². The molecule has 0 bridgehead atoms. The van der Waals surface area contributed by atoms with Crippen molar-refractivity contribution in [2.75, 3.05) is 19.6 Å². The molecular formula is C9H17N5. The van der Waals surface area contributed by atoms with Gasteiger partial charge in [-0.3, -0.25) is 0 Å². The average Bonchev–Trinajstić information content (AvgIpc) is 2.71. The van der Waals surface area contributed by atoms with Gasteiger partial charge < -0.3 is 10.6 Å². The minimum Gasteiger partial charge on any atom is -0.301 e. The van der Waals surface area contributed by atoms with Crippen molar-refractivity contribution in [3.8, 4) is 0 Å². The molecule has 0 unspecified atom stereocenters. The fourth-order valence-corrected chi connectivity index (χ4v) is 1.54. The quantitative estimate of drug-likeness (QED) is 0.302. The molecule has 0 amide bonds. The van der Waals surface area contributed by atoms with Crippen molar-refractivity contribution in [3.63, 3.8) is 0 Å². The Kier molecular flexibility index (Phi) is 5.07. The number of azide groups is 1. The highest BCUT2D eigenvalue weighted by atomic mass is 15.2. The summed E-state index contributed by atoms with van der Waals surface area (Å²) in [4.78, 5) is 2.76. The van der Waals surface area contributed by atoms with Gasteiger partial charge in [-0.1, -0.05) is 16.8 Å². The molecule has 1 saturated heterocycles. The zero-order valence-electron chi connectivity index (χ0n) is 8.53. The van der Waals surface area contributed by atoms with Crippen LogP contribution in [0.25, 0.3) is 10.4 Å². The number of allylic oxidation sites excluding steroid dienone is 1. The zero-order valence-corrected chi connectivity index (χ0v) is 8.53. The first-order valence-corrected chi connectivity index (χ1v) is 4.98. The van der Waals surface area contributed by atoms with Crippen LogP contribution < -0.4 is 10.6 Å². The molecule has 1 aliphatic heterocycles. The van der Waals surface area contributed by atoms with Crippen molar-refractivity contribution in [2.24, 2.45) is 5.11 Å². The van der Waals surface area contributed by atoms with E-state index in [1.807, 2.05) is 13.0 Å². The zero-order chi connectivity index (χ0) is 10.2. The first-order chi connectivity index (χ1) is 6.86. The average molecular weight is 195 g/mol. The highest BCUT2D eigenvalue weighted by Crippen LogP contribution is 2.08. The van der Waals surface area contributed by atoms with Crippen molar-refractivity contribution in [2.45, 2.75) is 25.9 Å². The lowest BCUT2D eigenvalue weighted by Gasteiger charge is -2.11. The van der Waals surface area contributed by atoms with Gasteiger partial charge in [-0.15, -0.1) is 0 Å². The lowest BCUT2D eigenvalue weighted by atomic mass is 10.1. The van der Waals surface area contributed by atoms with E-state index in [1.165, 1.54) is 5.57 Å². The molecule has 0 aromatic rings. The van der Waals surface area contributed by atoms with E-state index in [1.54, 1.807) is 0 Å². The summed E-state index contributed by atoms with van der Waals surface area (Å²) in [6.45, 7) is 4.58. The molecule has 2 N–H and O–H groups in total. The summed E-state index contributed by atoms with van der Waals surface area (Å²) in [5.74, 6) is 0. The van der Waals surface area contributed by atoms with Crippen LogP contribution >= 0.6 is 0 Å². The van der Waals surface area contributed by atoms with Crippen LogP contribution in [0, 0.1) is 0 Å². The fraction of sp³-hybridized carbons (Fsp3) is 0.778. The molecule has 1 rings (SSSR count). The van der Waals surface area contributed by atoms with Crippen LogP contribution in [0.3, 0.4) is 0 Å². The summed E-state index contributed by atoms with van der Waals surface area (Å²) in [5.41, 5.74) is 9.40. The second-order valence-electron chi connectivity index (χ2n) is 3.34. The summed E-state index contributed by atoms with van der Waals surface area (Å²) in [7, 11) is 0. The lowest BCUT2D eigenvalue weighted by Crippen LogP contribution is -2.30. The number of hydrogen-bond acceptors (Lipinski definition) is 3. The van der Waals surface area contributed by atoms with Gasteiger partial charge in [0.05, 0.1) is 6.17 Å². The van der Waals surface area contributed by atoms with Crippen LogP contribution in [-0.4, -0.2) is 25.8 Å². The standard InChI is InChI=1S/C9H17N5/c1-2-8(7-13-14-10)3-4-9-11-5-6-12-9/h2,9,11-12H,3-7H2,1H3. The number of rotatable bonds is 5. The predicted molar refractivity (Wildman–Crippen MR) is 56.8 cm³/mol. The third-order valence-corrected chi connectivity index (χ3v) is 2.41. The minimum atomic E-state index is 0.427. The van der Waals surface area contributed by atoms with Crippen LogP contribution in [0.2, 0.25) is 0 Å². The van der Waals surface area contributed by atoms with E-state index >= 15 is 0 Å². The number of hydrogen-bond donors (Lipinski definition) is 2. The molecule has 5 heteroatoms. The molecule has 0 atom stereocenters. The van der Waals surface area contributed by atoms with E-state index in [2.05, 4.69) is 20.7 Å². The maximum atomic E-state index is 8.20. The van der Waals surface area contributed by atoms with Crippen LogP contribution in [0.15, 0.2) is 16.8 Å². The fourth-order valence-electron chi connectivity index (χ4n) is 1.54.